The molecule has 0 amide bonds. The predicted octanol–water partition coefficient (Wildman–Crippen LogP) is 3.88. The molecule has 1 aliphatic carbocycles. The summed E-state index contributed by atoms with van der Waals surface area (Å²) < 4.78 is 6.94. The molecule has 4 heteroatoms. The van der Waals surface area contributed by atoms with Crippen molar-refractivity contribution in [1.82, 2.24) is 5.32 Å². The van der Waals surface area contributed by atoms with E-state index in [1.165, 1.54) is 5.56 Å². The molecular weight excluding hydrogens is 330 g/mol. The minimum Gasteiger partial charge on any atom is -0.487 e. The van der Waals surface area contributed by atoms with Crippen molar-refractivity contribution in [2.45, 2.75) is 58.3 Å². The average Bonchev–Trinajstić information content (AvgIpc) is 2.43. The molecule has 0 spiro atoms. The van der Waals surface area contributed by atoms with E-state index in [0.29, 0.717) is 5.92 Å². The fourth-order valence-corrected chi connectivity index (χ4v) is 3.15. The summed E-state index contributed by atoms with van der Waals surface area (Å²) in [6, 6.07) is 6.18. The Morgan fingerprint density at radius 3 is 2.76 bits per heavy atom. The Hall–Kier alpha value is -0.580. The van der Waals surface area contributed by atoms with Gasteiger partial charge in [-0.25, -0.2) is 0 Å². The van der Waals surface area contributed by atoms with Gasteiger partial charge >= 0.3 is 0 Å². The van der Waals surface area contributed by atoms with E-state index >= 15 is 0 Å². The third kappa shape index (κ3) is 5.28. The van der Waals surface area contributed by atoms with E-state index < -0.39 is 0 Å². The highest BCUT2D eigenvalue weighted by atomic mass is 79.9. The van der Waals surface area contributed by atoms with Crippen LogP contribution in [0.2, 0.25) is 0 Å². The second-order valence-electron chi connectivity index (χ2n) is 6.30. The molecule has 1 aromatic carbocycles. The van der Waals surface area contributed by atoms with Gasteiger partial charge in [-0.3, -0.25) is 0 Å². The molecule has 2 N–H and O–H groups in total. The third-order valence-electron chi connectivity index (χ3n) is 3.82. The predicted molar refractivity (Wildman–Crippen MR) is 89.6 cm³/mol. The molecule has 118 valence electrons. The SMILES string of the molecule is CC(C)CNCc1ccc(OC2CCCCC2O)c(Br)c1. The molecule has 0 aromatic heterocycles. The number of hydrogen-bond donors (Lipinski definition) is 2. The summed E-state index contributed by atoms with van der Waals surface area (Å²) in [4.78, 5) is 0. The molecule has 1 aliphatic rings. The zero-order valence-electron chi connectivity index (χ0n) is 12.9. The first kappa shape index (κ1) is 16.8. The molecule has 2 atom stereocenters. The molecule has 1 fully saturated rings. The number of nitrogens with one attached hydrogen (secondary N) is 1. The molecule has 2 rings (SSSR count). The second kappa shape index (κ2) is 8.16. The van der Waals surface area contributed by atoms with Crippen molar-refractivity contribution in [3.63, 3.8) is 0 Å². The van der Waals surface area contributed by atoms with E-state index in [1.807, 2.05) is 6.07 Å². The van der Waals surface area contributed by atoms with Crippen LogP contribution in [-0.4, -0.2) is 23.9 Å². The van der Waals surface area contributed by atoms with Crippen LogP contribution in [0, 0.1) is 5.92 Å². The number of hydrogen-bond acceptors (Lipinski definition) is 3. The average molecular weight is 356 g/mol. The van der Waals surface area contributed by atoms with E-state index in [4.69, 9.17) is 4.74 Å². The summed E-state index contributed by atoms with van der Waals surface area (Å²) in [5, 5.41) is 13.4. The fraction of sp³-hybridized carbons (Fsp3) is 0.647. The third-order valence-corrected chi connectivity index (χ3v) is 4.44. The van der Waals surface area contributed by atoms with Gasteiger partial charge in [-0.1, -0.05) is 26.3 Å². The van der Waals surface area contributed by atoms with Crippen molar-refractivity contribution in [3.8, 4) is 5.75 Å². The van der Waals surface area contributed by atoms with E-state index in [0.717, 1.165) is 49.0 Å². The summed E-state index contributed by atoms with van der Waals surface area (Å²) in [7, 11) is 0. The van der Waals surface area contributed by atoms with Crippen molar-refractivity contribution in [1.29, 1.82) is 0 Å². The van der Waals surface area contributed by atoms with Crippen molar-refractivity contribution in [2.75, 3.05) is 6.54 Å². The van der Waals surface area contributed by atoms with Crippen molar-refractivity contribution < 1.29 is 9.84 Å². The van der Waals surface area contributed by atoms with Gasteiger partial charge in [0.1, 0.15) is 11.9 Å². The maximum Gasteiger partial charge on any atom is 0.134 e. The quantitative estimate of drug-likeness (QED) is 0.813. The Balaban J connectivity index is 1.92. The van der Waals surface area contributed by atoms with Gasteiger partial charge in [0.05, 0.1) is 10.6 Å². The highest BCUT2D eigenvalue weighted by molar-refractivity contribution is 9.10. The van der Waals surface area contributed by atoms with Gasteiger partial charge in [0.25, 0.3) is 0 Å². The molecular formula is C17H26BrNO2. The summed E-state index contributed by atoms with van der Waals surface area (Å²) in [5.41, 5.74) is 1.24. The molecule has 21 heavy (non-hydrogen) atoms. The molecule has 0 heterocycles. The fourth-order valence-electron chi connectivity index (χ4n) is 2.63. The Labute approximate surface area is 136 Å². The monoisotopic (exact) mass is 355 g/mol. The number of rotatable bonds is 6. The van der Waals surface area contributed by atoms with E-state index in [1.54, 1.807) is 0 Å². The number of halogens is 1. The van der Waals surface area contributed by atoms with Gasteiger partial charge in [-0.2, -0.15) is 0 Å². The topological polar surface area (TPSA) is 41.5 Å². The number of benzene rings is 1. The van der Waals surface area contributed by atoms with Gasteiger partial charge in [0.2, 0.25) is 0 Å². The maximum absolute atomic E-state index is 9.99. The van der Waals surface area contributed by atoms with Crippen molar-refractivity contribution in [3.05, 3.63) is 28.2 Å². The lowest BCUT2D eigenvalue weighted by atomic mass is 9.95. The van der Waals surface area contributed by atoms with Gasteiger partial charge < -0.3 is 15.2 Å². The standard InChI is InChI=1S/C17H26BrNO2/c1-12(2)10-19-11-13-7-8-16(14(18)9-13)21-17-6-4-3-5-15(17)20/h7-9,12,15,17,19-20H,3-6,10-11H2,1-2H3. The van der Waals surface area contributed by atoms with Crippen LogP contribution in [0.3, 0.4) is 0 Å². The van der Waals surface area contributed by atoms with E-state index in [9.17, 15) is 5.11 Å². The molecule has 3 nitrogen and oxygen atoms in total. The normalized spacial score (nSPS) is 22.5. The molecule has 0 bridgehead atoms. The lowest BCUT2D eigenvalue weighted by Gasteiger charge is -2.28. The molecule has 0 aliphatic heterocycles. The first-order valence-corrected chi connectivity index (χ1v) is 8.69. The lowest BCUT2D eigenvalue weighted by molar-refractivity contribution is 0.00648. The van der Waals surface area contributed by atoms with Crippen LogP contribution in [0.25, 0.3) is 0 Å². The minimum absolute atomic E-state index is 0.0695. The summed E-state index contributed by atoms with van der Waals surface area (Å²) in [6.45, 7) is 6.29. The zero-order valence-corrected chi connectivity index (χ0v) is 14.5. The number of aliphatic hydroxyl groups excluding tert-OH is 1. The van der Waals surface area contributed by atoms with Gasteiger partial charge in [0.15, 0.2) is 0 Å². The van der Waals surface area contributed by atoms with Crippen LogP contribution in [0.1, 0.15) is 45.1 Å². The Morgan fingerprint density at radius 1 is 1.33 bits per heavy atom. The van der Waals surface area contributed by atoms with Crippen LogP contribution >= 0.6 is 15.9 Å². The van der Waals surface area contributed by atoms with Crippen molar-refractivity contribution >= 4 is 15.9 Å². The Bertz CT molecular complexity index is 450. The molecule has 2 unspecified atom stereocenters. The molecule has 0 saturated heterocycles. The van der Waals surface area contributed by atoms with Crippen LogP contribution in [0.4, 0.5) is 0 Å². The van der Waals surface area contributed by atoms with Crippen LogP contribution in [0.15, 0.2) is 22.7 Å². The zero-order chi connectivity index (χ0) is 15.2. The lowest BCUT2D eigenvalue weighted by Crippen LogP contribution is -2.34. The second-order valence-corrected chi connectivity index (χ2v) is 7.15. The highest BCUT2D eigenvalue weighted by Crippen LogP contribution is 2.30. The van der Waals surface area contributed by atoms with E-state index in [2.05, 4.69) is 47.2 Å². The van der Waals surface area contributed by atoms with Crippen LogP contribution in [0.5, 0.6) is 5.75 Å². The summed E-state index contributed by atoms with van der Waals surface area (Å²) in [6.07, 6.45) is 3.61. The van der Waals surface area contributed by atoms with Crippen LogP contribution < -0.4 is 10.1 Å². The number of ether oxygens (including phenoxy) is 1. The summed E-state index contributed by atoms with van der Waals surface area (Å²) >= 11 is 3.58. The Kier molecular flexibility index (Phi) is 6.52. The Morgan fingerprint density at radius 2 is 2.10 bits per heavy atom. The first-order chi connectivity index (χ1) is 10.1. The maximum atomic E-state index is 9.99. The highest BCUT2D eigenvalue weighted by Gasteiger charge is 2.25. The number of aliphatic hydroxyl groups is 1. The van der Waals surface area contributed by atoms with Gasteiger partial charge in [-0.05, 0) is 65.4 Å². The largest absolute Gasteiger partial charge is 0.487 e. The van der Waals surface area contributed by atoms with Crippen molar-refractivity contribution in [2.24, 2.45) is 5.92 Å². The minimum atomic E-state index is -0.335. The molecule has 0 radical (unpaired) electrons. The molecule has 1 saturated carbocycles. The first-order valence-electron chi connectivity index (χ1n) is 7.90. The molecule has 1 aromatic rings. The smallest absolute Gasteiger partial charge is 0.134 e. The summed E-state index contributed by atoms with van der Waals surface area (Å²) in [5.74, 6) is 1.48. The van der Waals surface area contributed by atoms with Gasteiger partial charge in [-0.15, -0.1) is 0 Å². The van der Waals surface area contributed by atoms with E-state index in [-0.39, 0.29) is 12.2 Å². The van der Waals surface area contributed by atoms with Gasteiger partial charge in [0, 0.05) is 6.54 Å². The van der Waals surface area contributed by atoms with Crippen LogP contribution in [-0.2, 0) is 6.54 Å².